The first-order valence-corrected chi connectivity index (χ1v) is 10.6. The number of ether oxygens (including phenoxy) is 2. The number of hydrogen-bond donors (Lipinski definition) is 1. The molecule has 7 nitrogen and oxygen atoms in total. The lowest BCUT2D eigenvalue weighted by molar-refractivity contribution is 0.0729. The van der Waals surface area contributed by atoms with Gasteiger partial charge in [0.2, 0.25) is 10.0 Å². The summed E-state index contributed by atoms with van der Waals surface area (Å²) in [7, 11) is -3.75. The van der Waals surface area contributed by atoms with Gasteiger partial charge in [0.1, 0.15) is 12.4 Å². The Labute approximate surface area is 165 Å². The van der Waals surface area contributed by atoms with E-state index in [1.165, 1.54) is 16.4 Å². The fraction of sp³-hybridized carbons (Fsp3) is 0.350. The van der Waals surface area contributed by atoms with Crippen molar-refractivity contribution in [2.75, 3.05) is 39.5 Å². The van der Waals surface area contributed by atoms with Crippen molar-refractivity contribution in [3.05, 3.63) is 59.7 Å². The highest BCUT2D eigenvalue weighted by Crippen LogP contribution is 2.21. The average Bonchev–Trinajstić information content (AvgIpc) is 2.72. The van der Waals surface area contributed by atoms with Crippen molar-refractivity contribution in [1.82, 2.24) is 9.62 Å². The van der Waals surface area contributed by atoms with Gasteiger partial charge in [-0.15, -0.1) is 0 Å². The maximum absolute atomic E-state index is 12.9. The molecule has 0 bridgehead atoms. The molecule has 1 N–H and O–H groups in total. The van der Waals surface area contributed by atoms with Gasteiger partial charge in [-0.25, -0.2) is 8.42 Å². The predicted molar refractivity (Wildman–Crippen MR) is 105 cm³/mol. The van der Waals surface area contributed by atoms with Crippen LogP contribution in [0.2, 0.25) is 0 Å². The Morgan fingerprint density at radius 2 is 1.89 bits per heavy atom. The third-order valence-electron chi connectivity index (χ3n) is 4.37. The molecule has 0 radical (unpaired) electrons. The summed E-state index contributed by atoms with van der Waals surface area (Å²) >= 11 is 0. The van der Waals surface area contributed by atoms with Crippen molar-refractivity contribution < 1.29 is 22.7 Å². The van der Waals surface area contributed by atoms with Crippen molar-refractivity contribution in [1.29, 1.82) is 0 Å². The normalized spacial score (nSPS) is 15.2. The van der Waals surface area contributed by atoms with E-state index in [9.17, 15) is 13.2 Å². The number of carbonyl (C=O) groups is 1. The number of nitrogens with one attached hydrogen (secondary N) is 1. The molecule has 0 aromatic heterocycles. The predicted octanol–water partition coefficient (Wildman–Crippen LogP) is 1.82. The first-order chi connectivity index (χ1) is 13.5. The monoisotopic (exact) mass is 404 g/mol. The molecule has 2 aromatic carbocycles. The van der Waals surface area contributed by atoms with Crippen LogP contribution in [0.4, 0.5) is 0 Å². The minimum atomic E-state index is -3.75. The lowest BCUT2D eigenvalue weighted by atomic mass is 10.2. The molecule has 0 unspecified atom stereocenters. The van der Waals surface area contributed by atoms with E-state index < -0.39 is 15.9 Å². The molecule has 1 heterocycles. The Morgan fingerprint density at radius 1 is 1.14 bits per heavy atom. The lowest BCUT2D eigenvalue weighted by Gasteiger charge is -2.26. The van der Waals surface area contributed by atoms with Crippen molar-refractivity contribution >= 4 is 15.9 Å². The molecule has 8 heteroatoms. The summed E-state index contributed by atoms with van der Waals surface area (Å²) in [5, 5.41) is 2.73. The highest BCUT2D eigenvalue weighted by Gasteiger charge is 2.29. The van der Waals surface area contributed by atoms with E-state index in [0.29, 0.717) is 13.2 Å². The minimum absolute atomic E-state index is 0.00834. The summed E-state index contributed by atoms with van der Waals surface area (Å²) in [4.78, 5) is 12.6. The molecule has 0 spiro atoms. The summed E-state index contributed by atoms with van der Waals surface area (Å²) < 4.78 is 38.0. The van der Waals surface area contributed by atoms with Gasteiger partial charge in [0.05, 0.1) is 30.2 Å². The summed E-state index contributed by atoms with van der Waals surface area (Å²) in [6, 6.07) is 13.9. The maximum Gasteiger partial charge on any atom is 0.252 e. The number of benzene rings is 2. The molecular weight excluding hydrogens is 380 g/mol. The quantitative estimate of drug-likeness (QED) is 0.712. The van der Waals surface area contributed by atoms with Crippen LogP contribution in [0.3, 0.4) is 0 Å². The van der Waals surface area contributed by atoms with Crippen LogP contribution in [0.25, 0.3) is 0 Å². The Bertz CT molecular complexity index is 924. The number of nitrogens with zero attached hydrogens (tertiary/aromatic N) is 1. The van der Waals surface area contributed by atoms with Gasteiger partial charge >= 0.3 is 0 Å². The van der Waals surface area contributed by atoms with Gasteiger partial charge in [-0.2, -0.15) is 4.31 Å². The van der Waals surface area contributed by atoms with Crippen LogP contribution in [-0.2, 0) is 14.8 Å². The van der Waals surface area contributed by atoms with Gasteiger partial charge in [-0.1, -0.05) is 24.3 Å². The van der Waals surface area contributed by atoms with E-state index in [-0.39, 0.29) is 36.7 Å². The summed E-state index contributed by atoms with van der Waals surface area (Å²) in [5.74, 6) is 0.282. The largest absolute Gasteiger partial charge is 0.492 e. The lowest BCUT2D eigenvalue weighted by Crippen LogP contribution is -2.41. The molecule has 28 heavy (non-hydrogen) atoms. The molecule has 150 valence electrons. The second kappa shape index (κ2) is 9.18. The number of morpholine rings is 1. The van der Waals surface area contributed by atoms with Crippen molar-refractivity contribution in [2.24, 2.45) is 0 Å². The highest BCUT2D eigenvalue weighted by atomic mass is 32.2. The molecular formula is C20H24N2O5S. The van der Waals surface area contributed by atoms with Gasteiger partial charge in [-0.3, -0.25) is 4.79 Å². The van der Waals surface area contributed by atoms with E-state index in [1.54, 1.807) is 12.1 Å². The number of carbonyl (C=O) groups excluding carboxylic acids is 1. The Morgan fingerprint density at radius 3 is 2.64 bits per heavy atom. The van der Waals surface area contributed by atoms with Crippen molar-refractivity contribution in [2.45, 2.75) is 11.8 Å². The molecule has 1 amide bonds. The zero-order valence-corrected chi connectivity index (χ0v) is 16.6. The standard InChI is InChI=1S/C20H24N2O5S/c1-16-5-4-6-17(15-16)27-12-9-21-20(23)18-7-2-3-8-19(18)28(24,25)22-10-13-26-14-11-22/h2-8,15H,9-14H2,1H3,(H,21,23). The molecule has 0 saturated carbocycles. The third-order valence-corrected chi connectivity index (χ3v) is 6.32. The van der Waals surface area contributed by atoms with Crippen LogP contribution >= 0.6 is 0 Å². The van der Waals surface area contributed by atoms with E-state index in [0.717, 1.165) is 11.3 Å². The van der Waals surface area contributed by atoms with Crippen molar-refractivity contribution in [3.63, 3.8) is 0 Å². The second-order valence-electron chi connectivity index (χ2n) is 6.43. The Balaban J connectivity index is 1.64. The smallest absolute Gasteiger partial charge is 0.252 e. The molecule has 0 aliphatic carbocycles. The van der Waals surface area contributed by atoms with Crippen LogP contribution in [-0.4, -0.2) is 58.1 Å². The van der Waals surface area contributed by atoms with E-state index in [4.69, 9.17) is 9.47 Å². The van der Waals surface area contributed by atoms with Crippen LogP contribution in [0.1, 0.15) is 15.9 Å². The SMILES string of the molecule is Cc1cccc(OCCNC(=O)c2ccccc2S(=O)(=O)N2CCOCC2)c1. The molecule has 1 fully saturated rings. The summed E-state index contributed by atoms with van der Waals surface area (Å²) in [6.45, 7) is 3.78. The van der Waals surface area contributed by atoms with Crippen LogP contribution < -0.4 is 10.1 Å². The van der Waals surface area contributed by atoms with Gasteiger partial charge in [0.15, 0.2) is 0 Å². The van der Waals surface area contributed by atoms with Gasteiger partial charge in [0, 0.05) is 13.1 Å². The van der Waals surface area contributed by atoms with Gasteiger partial charge in [0.25, 0.3) is 5.91 Å². The van der Waals surface area contributed by atoms with Crippen LogP contribution in [0.15, 0.2) is 53.4 Å². The van der Waals surface area contributed by atoms with E-state index >= 15 is 0 Å². The average molecular weight is 404 g/mol. The molecule has 2 aromatic rings. The summed E-state index contributed by atoms with van der Waals surface area (Å²) in [6.07, 6.45) is 0. The van der Waals surface area contributed by atoms with E-state index in [1.807, 2.05) is 31.2 Å². The zero-order chi connectivity index (χ0) is 20.0. The van der Waals surface area contributed by atoms with Crippen LogP contribution in [0, 0.1) is 6.92 Å². The molecule has 1 aliphatic heterocycles. The first-order valence-electron chi connectivity index (χ1n) is 9.13. The Kier molecular flexibility index (Phi) is 6.66. The molecule has 1 saturated heterocycles. The number of aryl methyl sites for hydroxylation is 1. The first kappa shape index (κ1) is 20.3. The number of hydrogen-bond acceptors (Lipinski definition) is 5. The van der Waals surface area contributed by atoms with Crippen molar-refractivity contribution in [3.8, 4) is 5.75 Å². The topological polar surface area (TPSA) is 84.9 Å². The number of amides is 1. The van der Waals surface area contributed by atoms with E-state index in [2.05, 4.69) is 5.32 Å². The molecule has 0 atom stereocenters. The third kappa shape index (κ3) is 4.89. The second-order valence-corrected chi connectivity index (χ2v) is 8.34. The fourth-order valence-electron chi connectivity index (χ4n) is 2.94. The zero-order valence-electron chi connectivity index (χ0n) is 15.8. The fourth-order valence-corrected chi connectivity index (χ4v) is 4.54. The van der Waals surface area contributed by atoms with Gasteiger partial charge < -0.3 is 14.8 Å². The summed E-state index contributed by atoms with van der Waals surface area (Å²) in [5.41, 5.74) is 1.22. The minimum Gasteiger partial charge on any atom is -0.492 e. The highest BCUT2D eigenvalue weighted by molar-refractivity contribution is 7.89. The Hall–Kier alpha value is -2.42. The molecule has 3 rings (SSSR count). The number of rotatable bonds is 7. The number of sulfonamides is 1. The molecule has 1 aliphatic rings. The van der Waals surface area contributed by atoms with Crippen LogP contribution in [0.5, 0.6) is 5.75 Å². The van der Waals surface area contributed by atoms with Gasteiger partial charge in [-0.05, 0) is 36.8 Å². The maximum atomic E-state index is 12.9.